The highest BCUT2D eigenvalue weighted by atomic mass is 35.5. The summed E-state index contributed by atoms with van der Waals surface area (Å²) in [5.41, 5.74) is 5.46. The lowest BCUT2D eigenvalue weighted by Crippen LogP contribution is -1.95. The summed E-state index contributed by atoms with van der Waals surface area (Å²) in [6.07, 6.45) is 0. The fourth-order valence-electron chi connectivity index (χ4n) is 0.576. The van der Waals surface area contributed by atoms with E-state index in [1.54, 1.807) is 0 Å². The molecule has 1 rings (SSSR count). The smallest absolute Gasteiger partial charge is 0.397 e. The van der Waals surface area contributed by atoms with Gasteiger partial charge in [-0.3, -0.25) is 4.55 Å². The van der Waals surface area contributed by atoms with Crippen LogP contribution in [0.25, 0.3) is 0 Å². The number of rotatable bonds is 2. The van der Waals surface area contributed by atoms with Crippen LogP contribution in [0.3, 0.4) is 0 Å². The molecule has 0 heterocycles. The van der Waals surface area contributed by atoms with Crippen LogP contribution in [0.1, 0.15) is 0 Å². The van der Waals surface area contributed by atoms with Gasteiger partial charge in [0.25, 0.3) is 0 Å². The lowest BCUT2D eigenvalue weighted by molar-refractivity contribution is 0.278. The SMILES string of the molecule is Nc1cc(F)c(Cl)cc1Cl.O=NOS(=O)(=O)O. The van der Waals surface area contributed by atoms with Crippen LogP contribution >= 0.6 is 23.2 Å². The quantitative estimate of drug-likeness (QED) is 0.284. The van der Waals surface area contributed by atoms with Crippen molar-refractivity contribution < 1.29 is 21.6 Å². The Morgan fingerprint density at radius 3 is 2.18 bits per heavy atom. The minimum atomic E-state index is -4.65. The van der Waals surface area contributed by atoms with Gasteiger partial charge >= 0.3 is 10.4 Å². The number of anilines is 1. The molecule has 0 spiro atoms. The Balaban J connectivity index is 0.000000325. The molecule has 0 unspecified atom stereocenters. The van der Waals surface area contributed by atoms with Crippen LogP contribution < -0.4 is 5.73 Å². The van der Waals surface area contributed by atoms with E-state index in [-0.39, 0.29) is 15.7 Å². The average Bonchev–Trinajstić information content (AvgIpc) is 2.14. The molecule has 11 heteroatoms. The van der Waals surface area contributed by atoms with Crippen molar-refractivity contribution in [2.24, 2.45) is 5.34 Å². The van der Waals surface area contributed by atoms with Crippen molar-refractivity contribution >= 4 is 39.3 Å². The number of hydrogen-bond donors (Lipinski definition) is 2. The molecule has 0 saturated carbocycles. The monoisotopic (exact) mass is 306 g/mol. The molecule has 3 N–H and O–H groups in total. The second-order valence-electron chi connectivity index (χ2n) is 2.36. The first-order chi connectivity index (χ1) is 7.67. The molecule has 0 atom stereocenters. The van der Waals surface area contributed by atoms with Gasteiger partial charge in [-0.05, 0) is 12.1 Å². The van der Waals surface area contributed by atoms with Crippen molar-refractivity contribution in [2.45, 2.75) is 0 Å². The zero-order chi connectivity index (χ0) is 13.6. The number of nitrogens with zero attached hydrogens (tertiary/aromatic N) is 1. The van der Waals surface area contributed by atoms with Gasteiger partial charge in [-0.25, -0.2) is 8.67 Å². The predicted molar refractivity (Wildman–Crippen MR) is 59.3 cm³/mol. The topological polar surface area (TPSA) is 119 Å². The Morgan fingerprint density at radius 2 is 1.88 bits per heavy atom. The highest BCUT2D eigenvalue weighted by Gasteiger charge is 2.02. The number of halogens is 3. The molecule has 1 aromatic rings. The molecule has 7 nitrogen and oxygen atoms in total. The van der Waals surface area contributed by atoms with Crippen molar-refractivity contribution in [3.8, 4) is 0 Å². The van der Waals surface area contributed by atoms with E-state index < -0.39 is 16.2 Å². The van der Waals surface area contributed by atoms with E-state index in [2.05, 4.69) is 4.28 Å². The standard InChI is InChI=1S/C6H4Cl2FN.HNO5S/c7-3-1-4(8)6(10)2-5(3)9;2-1-6-7(3,4)5/h1-2H,10H2;(H,3,4,5). The van der Waals surface area contributed by atoms with Crippen molar-refractivity contribution in [2.75, 3.05) is 5.73 Å². The third-order valence-corrected chi connectivity index (χ3v) is 2.03. The largest absolute Gasteiger partial charge is 0.468 e. The van der Waals surface area contributed by atoms with Crippen molar-refractivity contribution in [1.82, 2.24) is 0 Å². The summed E-state index contributed by atoms with van der Waals surface area (Å²) in [7, 11) is -4.65. The second-order valence-corrected chi connectivity index (χ2v) is 4.18. The summed E-state index contributed by atoms with van der Waals surface area (Å²) < 4.78 is 41.3. The number of hydrogen-bond acceptors (Lipinski definition) is 6. The number of nitrogen functional groups attached to an aromatic ring is 1. The number of nitrogens with two attached hydrogens (primary N) is 1. The van der Waals surface area contributed by atoms with Crippen LogP contribution in [-0.4, -0.2) is 13.0 Å². The molecule has 0 aliphatic rings. The lowest BCUT2D eigenvalue weighted by atomic mass is 10.3. The summed E-state index contributed by atoms with van der Waals surface area (Å²) in [6.45, 7) is 0. The maximum Gasteiger partial charge on any atom is 0.468 e. The van der Waals surface area contributed by atoms with Crippen LogP contribution in [0.4, 0.5) is 10.1 Å². The van der Waals surface area contributed by atoms with Crippen LogP contribution in [0.15, 0.2) is 17.5 Å². The zero-order valence-corrected chi connectivity index (χ0v) is 10.1. The fourth-order valence-corrected chi connectivity index (χ4v) is 1.04. The fraction of sp³-hybridized carbons (Fsp3) is 0. The normalized spacial score (nSPS) is 10.1. The van der Waals surface area contributed by atoms with Gasteiger partial charge in [0.15, 0.2) is 5.34 Å². The van der Waals surface area contributed by atoms with Crippen LogP contribution in [0.2, 0.25) is 10.0 Å². The zero-order valence-electron chi connectivity index (χ0n) is 7.80. The highest BCUT2D eigenvalue weighted by Crippen LogP contribution is 2.25. The van der Waals surface area contributed by atoms with E-state index in [1.807, 2.05) is 0 Å². The summed E-state index contributed by atoms with van der Waals surface area (Å²) in [6, 6.07) is 2.36. The molecule has 0 aromatic heterocycles. The van der Waals surface area contributed by atoms with Gasteiger partial charge in [-0.1, -0.05) is 23.2 Å². The summed E-state index contributed by atoms with van der Waals surface area (Å²) in [5.74, 6) is -0.552. The van der Waals surface area contributed by atoms with Crippen molar-refractivity contribution in [3.63, 3.8) is 0 Å². The summed E-state index contributed by atoms with van der Waals surface area (Å²) in [5, 5.41) is 1.67. The first-order valence-corrected chi connectivity index (χ1v) is 5.68. The molecule has 0 fully saturated rings. The second kappa shape index (κ2) is 6.55. The first kappa shape index (κ1) is 15.8. The van der Waals surface area contributed by atoms with Gasteiger partial charge in [0.1, 0.15) is 5.82 Å². The summed E-state index contributed by atoms with van der Waals surface area (Å²) in [4.78, 5) is 8.81. The van der Waals surface area contributed by atoms with Crippen LogP contribution in [0, 0.1) is 10.7 Å². The van der Waals surface area contributed by atoms with Crippen molar-refractivity contribution in [1.29, 1.82) is 0 Å². The maximum absolute atomic E-state index is 12.5. The minimum absolute atomic E-state index is 0.0146. The first-order valence-electron chi connectivity index (χ1n) is 3.56. The van der Waals surface area contributed by atoms with Crippen LogP contribution in [-0.2, 0) is 14.7 Å². The van der Waals surface area contributed by atoms with Gasteiger partial charge < -0.3 is 5.73 Å². The molecule has 0 aliphatic heterocycles. The van der Waals surface area contributed by atoms with E-state index in [4.69, 9.17) is 38.4 Å². The van der Waals surface area contributed by atoms with Gasteiger partial charge in [0.2, 0.25) is 0 Å². The Morgan fingerprint density at radius 1 is 1.35 bits per heavy atom. The molecule has 17 heavy (non-hydrogen) atoms. The third-order valence-electron chi connectivity index (χ3n) is 1.16. The predicted octanol–water partition coefficient (Wildman–Crippen LogP) is 2.20. The van der Waals surface area contributed by atoms with E-state index in [1.165, 1.54) is 11.4 Å². The molecule has 0 saturated heterocycles. The van der Waals surface area contributed by atoms with Crippen LogP contribution in [0.5, 0.6) is 0 Å². The molecule has 96 valence electrons. The molecule has 0 bridgehead atoms. The third kappa shape index (κ3) is 6.89. The molecular formula is C6H5Cl2FN2O5S. The van der Waals surface area contributed by atoms with Gasteiger partial charge in [-0.15, -0.1) is 4.91 Å². The molecular weight excluding hydrogens is 302 g/mol. The average molecular weight is 307 g/mol. The Kier molecular flexibility index (Phi) is 6.10. The Bertz CT molecular complexity index is 459. The molecule has 0 aliphatic carbocycles. The lowest BCUT2D eigenvalue weighted by Gasteiger charge is -1.98. The molecule has 0 radical (unpaired) electrons. The minimum Gasteiger partial charge on any atom is -0.397 e. The highest BCUT2D eigenvalue weighted by molar-refractivity contribution is 7.80. The van der Waals surface area contributed by atoms with Gasteiger partial charge in [0, 0.05) is 0 Å². The van der Waals surface area contributed by atoms with Crippen molar-refractivity contribution in [3.05, 3.63) is 32.9 Å². The molecule has 1 aromatic carbocycles. The molecule has 0 amide bonds. The van der Waals surface area contributed by atoms with E-state index in [0.29, 0.717) is 0 Å². The van der Waals surface area contributed by atoms with E-state index in [9.17, 15) is 12.8 Å². The van der Waals surface area contributed by atoms with E-state index in [0.717, 1.165) is 6.07 Å². The Hall–Kier alpha value is -1.16. The van der Waals surface area contributed by atoms with E-state index >= 15 is 0 Å². The Labute approximate surface area is 105 Å². The van der Waals surface area contributed by atoms with Gasteiger partial charge in [0.05, 0.1) is 15.7 Å². The van der Waals surface area contributed by atoms with Gasteiger partial charge in [-0.2, -0.15) is 8.42 Å². The summed E-state index contributed by atoms with van der Waals surface area (Å²) >= 11 is 10.9. The number of benzene rings is 1. The maximum atomic E-state index is 12.5.